The second-order valence-electron chi connectivity index (χ2n) is 6.67. The molecule has 0 aromatic heterocycles. The third-order valence-corrected chi connectivity index (χ3v) is 5.29. The van der Waals surface area contributed by atoms with Crippen molar-refractivity contribution in [1.29, 1.82) is 0 Å². The van der Waals surface area contributed by atoms with Crippen LogP contribution in [0.2, 0.25) is 0 Å². The number of carbonyl (C=O) groups excluding carboxylic acids is 2. The number of anilines is 2. The summed E-state index contributed by atoms with van der Waals surface area (Å²) < 4.78 is 10.8. The number of amides is 1. The smallest absolute Gasteiger partial charge is 0.337 e. The van der Waals surface area contributed by atoms with Crippen LogP contribution in [0.5, 0.6) is 5.75 Å². The lowest BCUT2D eigenvalue weighted by Crippen LogP contribution is -2.21. The zero-order chi connectivity index (χ0) is 20.1. The highest BCUT2D eigenvalue weighted by Crippen LogP contribution is 2.27. The molecule has 0 saturated carbocycles. The predicted molar refractivity (Wildman–Crippen MR) is 112 cm³/mol. The third-order valence-electron chi connectivity index (χ3n) is 4.67. The number of methoxy groups -OCH3 is 1. The quantitative estimate of drug-likeness (QED) is 0.674. The number of rotatable bonds is 6. The molecule has 148 valence electrons. The molecule has 1 aliphatic rings. The Morgan fingerprint density at radius 2 is 1.89 bits per heavy atom. The maximum atomic E-state index is 12.3. The van der Waals surface area contributed by atoms with E-state index < -0.39 is 5.97 Å². The minimum Gasteiger partial charge on any atom is -0.483 e. The van der Waals surface area contributed by atoms with Gasteiger partial charge < -0.3 is 19.7 Å². The molecule has 7 heteroatoms. The molecule has 3 rings (SSSR count). The van der Waals surface area contributed by atoms with Crippen molar-refractivity contribution in [2.24, 2.45) is 0 Å². The topological polar surface area (TPSA) is 67.9 Å². The molecule has 0 bridgehead atoms. The molecule has 1 fully saturated rings. The molecular weight excluding hydrogens is 424 g/mol. The van der Waals surface area contributed by atoms with Gasteiger partial charge in [-0.1, -0.05) is 0 Å². The molecule has 0 unspecified atom stereocenters. The Morgan fingerprint density at radius 3 is 2.54 bits per heavy atom. The van der Waals surface area contributed by atoms with E-state index in [1.807, 2.05) is 19.1 Å². The van der Waals surface area contributed by atoms with E-state index >= 15 is 0 Å². The number of esters is 1. The van der Waals surface area contributed by atoms with Gasteiger partial charge in [0, 0.05) is 24.5 Å². The molecular formula is C21H23BrN2O4. The van der Waals surface area contributed by atoms with E-state index in [1.165, 1.54) is 25.6 Å². The Hall–Kier alpha value is -2.54. The van der Waals surface area contributed by atoms with Crippen LogP contribution in [0.1, 0.15) is 28.8 Å². The van der Waals surface area contributed by atoms with Crippen LogP contribution in [0.3, 0.4) is 0 Å². The highest BCUT2D eigenvalue weighted by molar-refractivity contribution is 9.10. The van der Waals surface area contributed by atoms with Crippen LogP contribution in [-0.2, 0) is 9.53 Å². The van der Waals surface area contributed by atoms with E-state index in [1.54, 1.807) is 18.2 Å². The minimum absolute atomic E-state index is 0.135. The fourth-order valence-corrected chi connectivity index (χ4v) is 3.65. The van der Waals surface area contributed by atoms with Crippen molar-refractivity contribution in [2.75, 3.05) is 37.0 Å². The molecule has 1 saturated heterocycles. The number of hydrogen-bond acceptors (Lipinski definition) is 5. The predicted octanol–water partition coefficient (Wildman–Crippen LogP) is 4.16. The molecule has 0 radical (unpaired) electrons. The molecule has 6 nitrogen and oxygen atoms in total. The van der Waals surface area contributed by atoms with E-state index in [2.05, 4.69) is 36.9 Å². The number of hydrogen-bond donors (Lipinski definition) is 1. The first-order valence-corrected chi connectivity index (χ1v) is 9.93. The second-order valence-corrected chi connectivity index (χ2v) is 7.52. The average Bonchev–Trinajstić information content (AvgIpc) is 3.22. The van der Waals surface area contributed by atoms with Crippen molar-refractivity contribution in [1.82, 2.24) is 0 Å². The van der Waals surface area contributed by atoms with Gasteiger partial charge in [-0.25, -0.2) is 4.79 Å². The Labute approximate surface area is 172 Å². The average molecular weight is 447 g/mol. The normalized spacial score (nSPS) is 13.3. The molecule has 0 atom stereocenters. The fourth-order valence-electron chi connectivity index (χ4n) is 3.15. The van der Waals surface area contributed by atoms with Gasteiger partial charge in [-0.15, -0.1) is 0 Å². The fraction of sp³-hybridized carbons (Fsp3) is 0.333. The summed E-state index contributed by atoms with van der Waals surface area (Å²) in [6.07, 6.45) is 2.45. The van der Waals surface area contributed by atoms with E-state index in [4.69, 9.17) is 4.74 Å². The molecule has 1 aliphatic heterocycles. The van der Waals surface area contributed by atoms with Crippen LogP contribution < -0.4 is 15.0 Å². The summed E-state index contributed by atoms with van der Waals surface area (Å²) in [5, 5.41) is 2.88. The van der Waals surface area contributed by atoms with Gasteiger partial charge in [0.2, 0.25) is 0 Å². The van der Waals surface area contributed by atoms with Crippen molar-refractivity contribution in [3.8, 4) is 5.75 Å². The maximum Gasteiger partial charge on any atom is 0.337 e. The lowest BCUT2D eigenvalue weighted by Gasteiger charge is -2.19. The van der Waals surface area contributed by atoms with E-state index in [9.17, 15) is 9.59 Å². The van der Waals surface area contributed by atoms with Gasteiger partial charge in [0.25, 0.3) is 5.91 Å². The zero-order valence-corrected chi connectivity index (χ0v) is 17.5. The van der Waals surface area contributed by atoms with Crippen LogP contribution in [0, 0.1) is 6.92 Å². The lowest BCUT2D eigenvalue weighted by molar-refractivity contribution is -0.118. The SMILES string of the molecule is COC(=O)c1ccc(OCC(=O)Nc2ccc(N3CCCC3)cc2C)c(Br)c1. The molecule has 1 heterocycles. The maximum absolute atomic E-state index is 12.3. The first-order chi connectivity index (χ1) is 13.5. The summed E-state index contributed by atoms with van der Waals surface area (Å²) in [4.78, 5) is 26.2. The summed E-state index contributed by atoms with van der Waals surface area (Å²) in [5.74, 6) is -0.206. The molecule has 2 aromatic rings. The molecule has 2 aromatic carbocycles. The summed E-state index contributed by atoms with van der Waals surface area (Å²) >= 11 is 3.34. The van der Waals surface area contributed by atoms with Gasteiger partial charge in [0.05, 0.1) is 17.1 Å². The lowest BCUT2D eigenvalue weighted by atomic mass is 10.1. The van der Waals surface area contributed by atoms with Crippen LogP contribution in [0.15, 0.2) is 40.9 Å². The Kier molecular flexibility index (Phi) is 6.57. The summed E-state index contributed by atoms with van der Waals surface area (Å²) in [6.45, 7) is 4.02. The first-order valence-electron chi connectivity index (χ1n) is 9.14. The minimum atomic E-state index is -0.433. The summed E-state index contributed by atoms with van der Waals surface area (Å²) in [6, 6.07) is 10.9. The largest absolute Gasteiger partial charge is 0.483 e. The van der Waals surface area contributed by atoms with Gasteiger partial charge in [-0.3, -0.25) is 4.79 Å². The van der Waals surface area contributed by atoms with Gasteiger partial charge in [0.15, 0.2) is 6.61 Å². The van der Waals surface area contributed by atoms with Crippen molar-refractivity contribution in [3.05, 3.63) is 52.0 Å². The van der Waals surface area contributed by atoms with Crippen molar-refractivity contribution < 1.29 is 19.1 Å². The van der Waals surface area contributed by atoms with Crippen LogP contribution in [-0.4, -0.2) is 38.7 Å². The van der Waals surface area contributed by atoms with Gasteiger partial charge in [-0.05, 0) is 77.7 Å². The number of nitrogens with zero attached hydrogens (tertiary/aromatic N) is 1. The number of nitrogens with one attached hydrogen (secondary N) is 1. The van der Waals surface area contributed by atoms with Crippen LogP contribution in [0.4, 0.5) is 11.4 Å². The monoisotopic (exact) mass is 446 g/mol. The second kappa shape index (κ2) is 9.10. The number of carbonyl (C=O) groups is 2. The van der Waals surface area contributed by atoms with E-state index in [0.717, 1.165) is 24.3 Å². The van der Waals surface area contributed by atoms with E-state index in [0.29, 0.717) is 15.8 Å². The number of benzene rings is 2. The van der Waals surface area contributed by atoms with Crippen molar-refractivity contribution in [2.45, 2.75) is 19.8 Å². The van der Waals surface area contributed by atoms with E-state index in [-0.39, 0.29) is 12.5 Å². The molecule has 1 N–H and O–H groups in total. The standard InChI is InChI=1S/C21H23BrN2O4/c1-14-11-16(24-9-3-4-10-24)6-7-18(14)23-20(25)13-28-19-8-5-15(12-17(19)22)21(26)27-2/h5-8,11-12H,3-4,9-10,13H2,1-2H3,(H,23,25). The zero-order valence-electron chi connectivity index (χ0n) is 16.0. The molecule has 1 amide bonds. The van der Waals surface area contributed by atoms with Gasteiger partial charge in [0.1, 0.15) is 5.75 Å². The molecule has 0 spiro atoms. The van der Waals surface area contributed by atoms with Crippen LogP contribution >= 0.6 is 15.9 Å². The van der Waals surface area contributed by atoms with Gasteiger partial charge in [-0.2, -0.15) is 0 Å². The summed E-state index contributed by atoms with van der Waals surface area (Å²) in [5.41, 5.74) is 3.39. The van der Waals surface area contributed by atoms with Gasteiger partial charge >= 0.3 is 5.97 Å². The highest BCUT2D eigenvalue weighted by atomic mass is 79.9. The highest BCUT2D eigenvalue weighted by Gasteiger charge is 2.14. The Bertz CT molecular complexity index is 879. The third kappa shape index (κ3) is 4.84. The molecule has 0 aliphatic carbocycles. The summed E-state index contributed by atoms with van der Waals surface area (Å²) in [7, 11) is 1.32. The van der Waals surface area contributed by atoms with Crippen molar-refractivity contribution >= 4 is 39.2 Å². The van der Waals surface area contributed by atoms with Crippen molar-refractivity contribution in [3.63, 3.8) is 0 Å². The Morgan fingerprint density at radius 1 is 1.14 bits per heavy atom. The van der Waals surface area contributed by atoms with Crippen LogP contribution in [0.25, 0.3) is 0 Å². The molecule has 28 heavy (non-hydrogen) atoms. The number of aryl methyl sites for hydroxylation is 1. The Balaban J connectivity index is 1.58. The first kappa shape index (κ1) is 20.2. The number of halogens is 1. The number of ether oxygens (including phenoxy) is 2.